The largest absolute Gasteiger partial charge is 0.330 e. The maximum Gasteiger partial charge on any atom is 0.0345 e. The molecule has 2 aliphatic heterocycles. The molecule has 0 aromatic heterocycles. The van der Waals surface area contributed by atoms with Crippen LogP contribution in [-0.4, -0.2) is 43.7 Å². The fourth-order valence-electron chi connectivity index (χ4n) is 2.43. The van der Waals surface area contributed by atoms with E-state index in [1.807, 2.05) is 0 Å². The minimum Gasteiger partial charge on any atom is -0.330 e. The van der Waals surface area contributed by atoms with E-state index in [-0.39, 0.29) is 12.4 Å². The number of rotatable bonds is 3. The van der Waals surface area contributed by atoms with Crippen molar-refractivity contribution in [2.75, 3.05) is 32.7 Å². The summed E-state index contributed by atoms with van der Waals surface area (Å²) < 4.78 is 0. The van der Waals surface area contributed by atoms with E-state index in [4.69, 9.17) is 5.73 Å². The van der Waals surface area contributed by atoms with Crippen LogP contribution < -0.4 is 11.1 Å². The quantitative estimate of drug-likeness (QED) is 0.724. The molecule has 1 atom stereocenters. The van der Waals surface area contributed by atoms with Crippen LogP contribution in [0.25, 0.3) is 0 Å². The number of nitrogens with one attached hydrogen (secondary N) is 1. The second-order valence-electron chi connectivity index (χ2n) is 4.39. The Morgan fingerprint density at radius 1 is 1.36 bits per heavy atom. The van der Waals surface area contributed by atoms with Gasteiger partial charge in [-0.15, -0.1) is 12.4 Å². The van der Waals surface area contributed by atoms with Crippen molar-refractivity contribution in [3.63, 3.8) is 0 Å². The Labute approximate surface area is 92.8 Å². The molecule has 0 aromatic carbocycles. The molecule has 2 saturated heterocycles. The molecule has 0 spiro atoms. The van der Waals surface area contributed by atoms with Crippen LogP contribution in [0.3, 0.4) is 0 Å². The van der Waals surface area contributed by atoms with E-state index in [1.54, 1.807) is 0 Å². The first kappa shape index (κ1) is 12.2. The van der Waals surface area contributed by atoms with Crippen LogP contribution in [0.1, 0.15) is 19.3 Å². The molecule has 2 heterocycles. The van der Waals surface area contributed by atoms with Crippen LogP contribution in [0.5, 0.6) is 0 Å². The second kappa shape index (κ2) is 5.91. The second-order valence-corrected chi connectivity index (χ2v) is 4.39. The predicted molar refractivity (Wildman–Crippen MR) is 61.9 cm³/mol. The molecule has 2 rings (SSSR count). The molecule has 2 aliphatic rings. The summed E-state index contributed by atoms with van der Waals surface area (Å²) in [6.07, 6.45) is 3.99. The van der Waals surface area contributed by atoms with Crippen LogP contribution in [-0.2, 0) is 0 Å². The molecule has 0 aromatic rings. The molecule has 3 N–H and O–H groups in total. The fourth-order valence-corrected chi connectivity index (χ4v) is 2.43. The molecule has 4 heteroatoms. The lowest BCUT2D eigenvalue weighted by molar-refractivity contribution is 0.0887. The number of piperidine rings is 1. The minimum atomic E-state index is 0. The van der Waals surface area contributed by atoms with Crippen molar-refractivity contribution in [1.82, 2.24) is 10.2 Å². The summed E-state index contributed by atoms with van der Waals surface area (Å²) in [6, 6.07) is 0.834. The summed E-state index contributed by atoms with van der Waals surface area (Å²) in [6.45, 7) is 5.88. The van der Waals surface area contributed by atoms with Gasteiger partial charge in [0.15, 0.2) is 0 Å². The predicted octanol–water partition coefficient (Wildman–Crippen LogP) is 0.441. The van der Waals surface area contributed by atoms with Crippen molar-refractivity contribution in [3.05, 3.63) is 0 Å². The Kier molecular flexibility index (Phi) is 5.17. The molecule has 0 aliphatic carbocycles. The Bertz CT molecular complexity index is 159. The highest BCUT2D eigenvalue weighted by atomic mass is 35.5. The average molecular weight is 220 g/mol. The lowest BCUT2D eigenvalue weighted by Gasteiger charge is -2.42. The molecular formula is C10H22ClN3. The van der Waals surface area contributed by atoms with Crippen LogP contribution in [0.4, 0.5) is 0 Å². The number of likely N-dealkylation sites (tertiary alicyclic amines) is 1. The number of halogens is 1. The lowest BCUT2D eigenvalue weighted by Crippen LogP contribution is -2.59. The van der Waals surface area contributed by atoms with Gasteiger partial charge in [0.25, 0.3) is 0 Å². The first-order chi connectivity index (χ1) is 6.40. The van der Waals surface area contributed by atoms with E-state index >= 15 is 0 Å². The molecule has 84 valence electrons. The third-order valence-corrected chi connectivity index (χ3v) is 3.40. The van der Waals surface area contributed by atoms with E-state index in [0.29, 0.717) is 0 Å². The van der Waals surface area contributed by atoms with Gasteiger partial charge in [0, 0.05) is 25.7 Å². The third-order valence-electron chi connectivity index (χ3n) is 3.40. The number of hydrogen-bond acceptors (Lipinski definition) is 3. The highest BCUT2D eigenvalue weighted by Crippen LogP contribution is 2.21. The average Bonchev–Trinajstić information content (AvgIpc) is 2.02. The molecule has 0 amide bonds. The van der Waals surface area contributed by atoms with Crippen molar-refractivity contribution in [2.45, 2.75) is 25.3 Å². The van der Waals surface area contributed by atoms with Crippen LogP contribution in [0, 0.1) is 5.92 Å². The highest BCUT2D eigenvalue weighted by Gasteiger charge is 2.28. The van der Waals surface area contributed by atoms with Gasteiger partial charge in [-0.05, 0) is 38.3 Å². The summed E-state index contributed by atoms with van der Waals surface area (Å²) in [4.78, 5) is 2.65. The fraction of sp³-hybridized carbons (Fsp3) is 1.00. The molecule has 0 saturated carbocycles. The maximum atomic E-state index is 5.60. The van der Waals surface area contributed by atoms with Gasteiger partial charge in [0.05, 0.1) is 0 Å². The molecule has 3 nitrogen and oxygen atoms in total. The minimum absolute atomic E-state index is 0. The zero-order valence-corrected chi connectivity index (χ0v) is 9.56. The van der Waals surface area contributed by atoms with Gasteiger partial charge in [0.1, 0.15) is 0 Å². The lowest BCUT2D eigenvalue weighted by atomic mass is 9.93. The van der Waals surface area contributed by atoms with Gasteiger partial charge < -0.3 is 11.1 Å². The van der Waals surface area contributed by atoms with Gasteiger partial charge in [0.2, 0.25) is 0 Å². The standard InChI is InChI=1S/C10H21N3.ClH/c11-4-3-9-2-1-5-13(8-9)10-6-12-7-10;/h9-10,12H,1-8,11H2;1H. The zero-order chi connectivity index (χ0) is 9.10. The zero-order valence-electron chi connectivity index (χ0n) is 8.74. The monoisotopic (exact) mass is 219 g/mol. The van der Waals surface area contributed by atoms with Gasteiger partial charge in [-0.25, -0.2) is 0 Å². The Morgan fingerprint density at radius 2 is 2.14 bits per heavy atom. The summed E-state index contributed by atoms with van der Waals surface area (Å²) in [5.41, 5.74) is 5.60. The summed E-state index contributed by atoms with van der Waals surface area (Å²) >= 11 is 0. The van der Waals surface area contributed by atoms with E-state index in [9.17, 15) is 0 Å². The highest BCUT2D eigenvalue weighted by molar-refractivity contribution is 5.85. The molecular weight excluding hydrogens is 198 g/mol. The normalized spacial score (nSPS) is 29.4. The maximum absolute atomic E-state index is 5.60. The van der Waals surface area contributed by atoms with Crippen molar-refractivity contribution in [2.24, 2.45) is 11.7 Å². The number of nitrogens with two attached hydrogens (primary N) is 1. The van der Waals surface area contributed by atoms with E-state index in [2.05, 4.69) is 10.2 Å². The summed E-state index contributed by atoms with van der Waals surface area (Å²) in [5.74, 6) is 0.874. The molecule has 2 fully saturated rings. The SMILES string of the molecule is Cl.NCCC1CCCN(C2CNC2)C1. The van der Waals surface area contributed by atoms with Crippen molar-refractivity contribution in [3.8, 4) is 0 Å². The first-order valence-electron chi connectivity index (χ1n) is 5.55. The number of nitrogens with zero attached hydrogens (tertiary/aromatic N) is 1. The van der Waals surface area contributed by atoms with Gasteiger partial charge >= 0.3 is 0 Å². The van der Waals surface area contributed by atoms with Gasteiger partial charge in [-0.3, -0.25) is 4.90 Å². The van der Waals surface area contributed by atoms with Crippen molar-refractivity contribution < 1.29 is 0 Å². The van der Waals surface area contributed by atoms with Crippen LogP contribution in [0.15, 0.2) is 0 Å². The molecule has 0 bridgehead atoms. The van der Waals surface area contributed by atoms with Gasteiger partial charge in [-0.2, -0.15) is 0 Å². The Morgan fingerprint density at radius 3 is 2.71 bits per heavy atom. The number of hydrogen-bond donors (Lipinski definition) is 2. The third kappa shape index (κ3) is 2.83. The summed E-state index contributed by atoms with van der Waals surface area (Å²) in [5, 5.41) is 3.34. The topological polar surface area (TPSA) is 41.3 Å². The molecule has 1 unspecified atom stereocenters. The van der Waals surface area contributed by atoms with Crippen LogP contribution >= 0.6 is 12.4 Å². The van der Waals surface area contributed by atoms with Crippen molar-refractivity contribution >= 4 is 12.4 Å². The molecule has 0 radical (unpaired) electrons. The smallest absolute Gasteiger partial charge is 0.0345 e. The van der Waals surface area contributed by atoms with Crippen molar-refractivity contribution in [1.29, 1.82) is 0 Å². The Balaban J connectivity index is 0.000000980. The van der Waals surface area contributed by atoms with Crippen LogP contribution in [0.2, 0.25) is 0 Å². The van der Waals surface area contributed by atoms with E-state index in [0.717, 1.165) is 18.5 Å². The van der Waals surface area contributed by atoms with Gasteiger partial charge in [-0.1, -0.05) is 0 Å². The Hall–Kier alpha value is 0.170. The van der Waals surface area contributed by atoms with E-state index in [1.165, 1.54) is 45.4 Å². The summed E-state index contributed by atoms with van der Waals surface area (Å²) in [7, 11) is 0. The first-order valence-corrected chi connectivity index (χ1v) is 5.55. The van der Waals surface area contributed by atoms with E-state index < -0.39 is 0 Å². The molecule has 14 heavy (non-hydrogen) atoms.